The molecule has 2 aliphatic rings. The van der Waals surface area contributed by atoms with Crippen LogP contribution >= 0.6 is 0 Å². The normalized spacial score (nSPS) is 22.9. The molecule has 3 heteroatoms. The molecule has 0 bridgehead atoms. The molecule has 2 aromatic carbocycles. The van der Waals surface area contributed by atoms with Gasteiger partial charge in [0.25, 0.3) is 0 Å². The van der Waals surface area contributed by atoms with E-state index in [2.05, 4.69) is 31.2 Å². The zero-order valence-corrected chi connectivity index (χ0v) is 15.4. The van der Waals surface area contributed by atoms with Crippen LogP contribution in [0, 0.1) is 18.8 Å². The van der Waals surface area contributed by atoms with Gasteiger partial charge in [0.05, 0.1) is 6.04 Å². The van der Waals surface area contributed by atoms with E-state index in [1.54, 1.807) is 0 Å². The standard InChI is InChI=1S/C23H27NO2/c1-17-7-9-20(10-8-17)22-15-21(19-11-12-19)13-14-24(22)23(25)26-16-18-5-3-2-4-6-18/h2-10,19,21-22H,11-16H2,1H3/t21?,22-/m0/s1. The highest BCUT2D eigenvalue weighted by atomic mass is 16.6. The van der Waals surface area contributed by atoms with Crippen molar-refractivity contribution in [2.75, 3.05) is 6.54 Å². The molecule has 3 nitrogen and oxygen atoms in total. The smallest absolute Gasteiger partial charge is 0.410 e. The molecule has 1 heterocycles. The number of aryl methyl sites for hydroxylation is 1. The molecule has 0 N–H and O–H groups in total. The summed E-state index contributed by atoms with van der Waals surface area (Å²) in [5, 5.41) is 0. The molecule has 2 atom stereocenters. The van der Waals surface area contributed by atoms with Gasteiger partial charge >= 0.3 is 6.09 Å². The monoisotopic (exact) mass is 349 g/mol. The Hall–Kier alpha value is -2.29. The molecule has 2 fully saturated rings. The van der Waals surface area contributed by atoms with Crippen LogP contribution in [-0.4, -0.2) is 17.5 Å². The topological polar surface area (TPSA) is 29.5 Å². The molecule has 1 amide bonds. The zero-order chi connectivity index (χ0) is 17.9. The zero-order valence-electron chi connectivity index (χ0n) is 15.4. The number of nitrogens with zero attached hydrogens (tertiary/aromatic N) is 1. The van der Waals surface area contributed by atoms with Gasteiger partial charge in [0, 0.05) is 6.54 Å². The fraction of sp³-hybridized carbons (Fsp3) is 0.435. The Kier molecular flexibility index (Phi) is 4.96. The number of carbonyl (C=O) groups is 1. The molecule has 0 spiro atoms. The molecule has 4 rings (SSSR count). The minimum absolute atomic E-state index is 0.137. The highest BCUT2D eigenvalue weighted by molar-refractivity contribution is 5.68. The maximum Gasteiger partial charge on any atom is 0.410 e. The predicted molar refractivity (Wildman–Crippen MR) is 103 cm³/mol. The van der Waals surface area contributed by atoms with E-state index in [1.165, 1.54) is 24.0 Å². The number of carbonyl (C=O) groups excluding carboxylic acids is 1. The summed E-state index contributed by atoms with van der Waals surface area (Å²) < 4.78 is 5.64. The average Bonchev–Trinajstić information content (AvgIpc) is 3.52. The summed E-state index contributed by atoms with van der Waals surface area (Å²) in [7, 11) is 0. The highest BCUT2D eigenvalue weighted by Crippen LogP contribution is 2.46. The van der Waals surface area contributed by atoms with Crippen LogP contribution in [0.25, 0.3) is 0 Å². The maximum atomic E-state index is 12.8. The largest absolute Gasteiger partial charge is 0.445 e. The molecule has 2 aromatic rings. The van der Waals surface area contributed by atoms with Crippen LogP contribution in [0.5, 0.6) is 0 Å². The van der Waals surface area contributed by atoms with Gasteiger partial charge in [-0.1, -0.05) is 60.2 Å². The van der Waals surface area contributed by atoms with E-state index in [9.17, 15) is 4.79 Å². The van der Waals surface area contributed by atoms with Crippen molar-refractivity contribution in [3.8, 4) is 0 Å². The first-order chi connectivity index (χ1) is 12.7. The second-order valence-electron chi connectivity index (χ2n) is 7.78. The molecule has 1 saturated heterocycles. The van der Waals surface area contributed by atoms with Gasteiger partial charge in [-0.05, 0) is 55.6 Å². The van der Waals surface area contributed by atoms with Crippen molar-refractivity contribution >= 4 is 6.09 Å². The Labute approximate surface area is 156 Å². The van der Waals surface area contributed by atoms with E-state index < -0.39 is 0 Å². The summed E-state index contributed by atoms with van der Waals surface area (Å²) in [4.78, 5) is 14.8. The van der Waals surface area contributed by atoms with Crippen LogP contribution in [0.4, 0.5) is 4.79 Å². The molecule has 1 saturated carbocycles. The van der Waals surface area contributed by atoms with Crippen molar-refractivity contribution in [3.63, 3.8) is 0 Å². The highest BCUT2D eigenvalue weighted by Gasteiger charge is 2.40. The second kappa shape index (κ2) is 7.53. The number of ether oxygens (including phenoxy) is 1. The number of amides is 1. The Morgan fingerprint density at radius 2 is 1.73 bits per heavy atom. The number of piperidine rings is 1. The SMILES string of the molecule is Cc1ccc([C@@H]2CC(C3CC3)CCN2C(=O)OCc2ccccc2)cc1. The molecule has 1 unspecified atom stereocenters. The number of hydrogen-bond donors (Lipinski definition) is 0. The van der Waals surface area contributed by atoms with E-state index in [0.29, 0.717) is 6.61 Å². The third kappa shape index (κ3) is 3.92. The van der Waals surface area contributed by atoms with Gasteiger partial charge in [-0.15, -0.1) is 0 Å². The van der Waals surface area contributed by atoms with Gasteiger partial charge in [0.1, 0.15) is 6.61 Å². The van der Waals surface area contributed by atoms with Crippen LogP contribution < -0.4 is 0 Å². The third-order valence-electron chi connectivity index (χ3n) is 5.83. The van der Waals surface area contributed by atoms with E-state index in [0.717, 1.165) is 36.8 Å². The lowest BCUT2D eigenvalue weighted by Gasteiger charge is -2.39. The summed E-state index contributed by atoms with van der Waals surface area (Å²) in [6.07, 6.45) is 4.71. The Bertz CT molecular complexity index is 737. The van der Waals surface area contributed by atoms with Gasteiger partial charge < -0.3 is 9.64 Å². The summed E-state index contributed by atoms with van der Waals surface area (Å²) >= 11 is 0. The van der Waals surface area contributed by atoms with Gasteiger partial charge in [-0.3, -0.25) is 0 Å². The Morgan fingerprint density at radius 1 is 1.00 bits per heavy atom. The van der Waals surface area contributed by atoms with Crippen LogP contribution in [0.15, 0.2) is 54.6 Å². The predicted octanol–water partition coefficient (Wildman–Crippen LogP) is 5.49. The number of benzene rings is 2. The van der Waals surface area contributed by atoms with Gasteiger partial charge in [-0.25, -0.2) is 4.79 Å². The van der Waals surface area contributed by atoms with Crippen LogP contribution in [0.2, 0.25) is 0 Å². The molecule has 26 heavy (non-hydrogen) atoms. The van der Waals surface area contributed by atoms with Crippen molar-refractivity contribution in [2.24, 2.45) is 11.8 Å². The maximum absolute atomic E-state index is 12.8. The van der Waals surface area contributed by atoms with Crippen LogP contribution in [0.1, 0.15) is 48.4 Å². The summed E-state index contributed by atoms with van der Waals surface area (Å²) in [6.45, 7) is 3.24. The Morgan fingerprint density at radius 3 is 2.42 bits per heavy atom. The van der Waals surface area contributed by atoms with Gasteiger partial charge in [0.15, 0.2) is 0 Å². The van der Waals surface area contributed by atoms with Crippen molar-refractivity contribution in [1.82, 2.24) is 4.90 Å². The van der Waals surface area contributed by atoms with Crippen molar-refractivity contribution < 1.29 is 9.53 Å². The summed E-state index contributed by atoms with van der Waals surface area (Å²) in [6, 6.07) is 18.7. The number of hydrogen-bond acceptors (Lipinski definition) is 2. The number of likely N-dealkylation sites (tertiary alicyclic amines) is 1. The molecule has 0 radical (unpaired) electrons. The van der Waals surface area contributed by atoms with Crippen LogP contribution in [0.3, 0.4) is 0 Å². The minimum Gasteiger partial charge on any atom is -0.445 e. The molecule has 136 valence electrons. The molecule has 0 aromatic heterocycles. The first-order valence-electron chi connectivity index (χ1n) is 9.74. The van der Waals surface area contributed by atoms with Crippen LogP contribution in [-0.2, 0) is 11.3 Å². The molecular formula is C23H27NO2. The van der Waals surface area contributed by atoms with Gasteiger partial charge in [0.2, 0.25) is 0 Å². The lowest BCUT2D eigenvalue weighted by Crippen LogP contribution is -2.41. The molecular weight excluding hydrogens is 322 g/mol. The van der Waals surface area contributed by atoms with Crippen molar-refractivity contribution in [3.05, 3.63) is 71.3 Å². The summed E-state index contributed by atoms with van der Waals surface area (Å²) in [5.41, 5.74) is 3.51. The molecule has 1 aliphatic heterocycles. The lowest BCUT2D eigenvalue weighted by molar-refractivity contribution is 0.0536. The second-order valence-corrected chi connectivity index (χ2v) is 7.78. The fourth-order valence-electron chi connectivity index (χ4n) is 4.11. The first-order valence-corrected chi connectivity index (χ1v) is 9.74. The number of rotatable bonds is 4. The fourth-order valence-corrected chi connectivity index (χ4v) is 4.11. The van der Waals surface area contributed by atoms with E-state index in [4.69, 9.17) is 4.74 Å². The third-order valence-corrected chi connectivity index (χ3v) is 5.83. The average molecular weight is 349 g/mol. The molecule has 1 aliphatic carbocycles. The van der Waals surface area contributed by atoms with Crippen molar-refractivity contribution in [2.45, 2.75) is 45.3 Å². The van der Waals surface area contributed by atoms with E-state index in [-0.39, 0.29) is 12.1 Å². The minimum atomic E-state index is -0.186. The first kappa shape index (κ1) is 17.1. The van der Waals surface area contributed by atoms with E-state index >= 15 is 0 Å². The lowest BCUT2D eigenvalue weighted by atomic mass is 9.84. The van der Waals surface area contributed by atoms with E-state index in [1.807, 2.05) is 35.2 Å². The van der Waals surface area contributed by atoms with Gasteiger partial charge in [-0.2, -0.15) is 0 Å². The van der Waals surface area contributed by atoms with Crippen molar-refractivity contribution in [1.29, 1.82) is 0 Å². The summed E-state index contributed by atoms with van der Waals surface area (Å²) in [5.74, 6) is 1.63. The Balaban J connectivity index is 1.48. The quantitative estimate of drug-likeness (QED) is 0.730.